The normalized spacial score (nSPS) is 46.5. The van der Waals surface area contributed by atoms with Crippen molar-refractivity contribution in [2.24, 2.45) is 46.3 Å². The molecule has 0 saturated heterocycles. The summed E-state index contributed by atoms with van der Waals surface area (Å²) in [5, 5.41) is 34.4. The number of carbonyl (C=O) groups is 2. The summed E-state index contributed by atoms with van der Waals surface area (Å²) in [6.45, 7) is 6.70. The van der Waals surface area contributed by atoms with Gasteiger partial charge in [-0.05, 0) is 104 Å². The van der Waals surface area contributed by atoms with Gasteiger partial charge in [0.25, 0.3) is 0 Å². The molecule has 0 bridgehead atoms. The van der Waals surface area contributed by atoms with Crippen LogP contribution in [-0.4, -0.2) is 40.8 Å². The van der Waals surface area contributed by atoms with E-state index in [2.05, 4.69) is 26.1 Å². The molecule has 0 radical (unpaired) electrons. The molecule has 32 heavy (non-hydrogen) atoms. The van der Waals surface area contributed by atoms with Crippen LogP contribution in [0.3, 0.4) is 0 Å². The molecule has 4 rings (SSSR count). The van der Waals surface area contributed by atoms with Gasteiger partial charge in [0.1, 0.15) is 0 Å². The second-order valence-electron chi connectivity index (χ2n) is 12.1. The third-order valence-corrected chi connectivity index (χ3v) is 10.7. The van der Waals surface area contributed by atoms with E-state index in [0.29, 0.717) is 36.0 Å². The molecule has 3 N–H and O–H groups in total. The van der Waals surface area contributed by atoms with Crippen molar-refractivity contribution < 1.29 is 24.9 Å². The summed E-state index contributed by atoms with van der Waals surface area (Å²) < 4.78 is 0. The van der Waals surface area contributed by atoms with Crippen LogP contribution in [0.2, 0.25) is 0 Å². The molecule has 10 atom stereocenters. The quantitative estimate of drug-likeness (QED) is 0.577. The molecular formula is C26H42NO5-. The summed E-state index contributed by atoms with van der Waals surface area (Å²) in [5.41, 5.74) is 0.392. The highest BCUT2D eigenvalue weighted by Crippen LogP contribution is 2.68. The third-order valence-electron chi connectivity index (χ3n) is 10.7. The number of aliphatic hydroxyl groups excluding tert-OH is 2. The van der Waals surface area contributed by atoms with Gasteiger partial charge in [0.2, 0.25) is 5.91 Å². The lowest BCUT2D eigenvalue weighted by Crippen LogP contribution is -2.58. The number of fused-ring (bicyclic) bond motifs is 5. The molecule has 0 aromatic heterocycles. The standard InChI is InChI=1S/C26H43NO5/c1-15(4-7-23(30)27-14-24(31)32)18-5-6-19-17-13-22(29)21-12-16(28)8-10-26(21,3)20(17)9-11-25(18,19)2/h15-22,28-29H,4-14H2,1-3H3,(H,27,30)(H,31,32)/p-1/t15?,16-,17+,18?,19+,20+,21+,22+,25-,26-/m1/s1. The fourth-order valence-corrected chi connectivity index (χ4v) is 9.07. The van der Waals surface area contributed by atoms with E-state index in [1.807, 2.05) is 0 Å². The second-order valence-corrected chi connectivity index (χ2v) is 12.1. The van der Waals surface area contributed by atoms with E-state index in [0.717, 1.165) is 32.1 Å². The van der Waals surface area contributed by atoms with Gasteiger partial charge in [-0.15, -0.1) is 0 Å². The first-order valence-electron chi connectivity index (χ1n) is 12.9. The van der Waals surface area contributed by atoms with E-state index < -0.39 is 12.5 Å². The minimum Gasteiger partial charge on any atom is -0.548 e. The molecule has 4 saturated carbocycles. The van der Waals surface area contributed by atoms with Crippen molar-refractivity contribution in [3.05, 3.63) is 0 Å². The zero-order valence-electron chi connectivity index (χ0n) is 20.0. The van der Waals surface area contributed by atoms with Crippen molar-refractivity contribution in [3.8, 4) is 0 Å². The van der Waals surface area contributed by atoms with Gasteiger partial charge in [0.05, 0.1) is 24.7 Å². The summed E-state index contributed by atoms with van der Waals surface area (Å²) in [6, 6.07) is 0. The Balaban J connectivity index is 1.43. The number of carbonyl (C=O) groups excluding carboxylic acids is 2. The molecule has 6 heteroatoms. The molecule has 4 aliphatic rings. The van der Waals surface area contributed by atoms with Crippen LogP contribution in [0.5, 0.6) is 0 Å². The van der Waals surface area contributed by atoms with Crippen LogP contribution in [0.15, 0.2) is 0 Å². The van der Waals surface area contributed by atoms with E-state index in [-0.39, 0.29) is 34.9 Å². The van der Waals surface area contributed by atoms with Crippen molar-refractivity contribution in [2.45, 2.75) is 97.2 Å². The second kappa shape index (κ2) is 8.90. The van der Waals surface area contributed by atoms with Crippen LogP contribution in [0.25, 0.3) is 0 Å². The maximum Gasteiger partial charge on any atom is 0.220 e. The number of aliphatic carboxylic acids is 1. The molecule has 0 aromatic carbocycles. The Kier molecular flexibility index (Phi) is 6.68. The number of carboxylic acids is 1. The summed E-state index contributed by atoms with van der Waals surface area (Å²) >= 11 is 0. The van der Waals surface area contributed by atoms with Gasteiger partial charge in [0.15, 0.2) is 0 Å². The molecule has 0 spiro atoms. The van der Waals surface area contributed by atoms with Crippen LogP contribution in [0.1, 0.15) is 85.0 Å². The Labute approximate surface area is 192 Å². The highest BCUT2D eigenvalue weighted by molar-refractivity contribution is 5.80. The SMILES string of the molecule is CC(CCC(=O)NCC(=O)[O-])C1CC[C@H]2[C@@H]3C[C@H](O)[C@@H]4C[C@H](O)CC[C@]4(C)[C@H]3CC[C@]12C. The van der Waals surface area contributed by atoms with Gasteiger partial charge in [-0.2, -0.15) is 0 Å². The van der Waals surface area contributed by atoms with Crippen molar-refractivity contribution >= 4 is 11.9 Å². The number of hydrogen-bond acceptors (Lipinski definition) is 5. The molecule has 6 nitrogen and oxygen atoms in total. The zero-order chi connectivity index (χ0) is 23.3. The fraction of sp³-hybridized carbons (Fsp3) is 0.923. The summed E-state index contributed by atoms with van der Waals surface area (Å²) in [4.78, 5) is 22.6. The number of carboxylic acid groups (broad SMARTS) is 1. The fourth-order valence-electron chi connectivity index (χ4n) is 9.07. The molecular weight excluding hydrogens is 406 g/mol. The zero-order valence-corrected chi connectivity index (χ0v) is 20.0. The molecule has 0 aromatic rings. The molecule has 4 aliphatic carbocycles. The molecule has 182 valence electrons. The van der Waals surface area contributed by atoms with E-state index in [9.17, 15) is 24.9 Å². The van der Waals surface area contributed by atoms with Crippen molar-refractivity contribution in [1.29, 1.82) is 0 Å². The maximum absolute atomic E-state index is 12.0. The van der Waals surface area contributed by atoms with E-state index >= 15 is 0 Å². The predicted octanol–water partition coefficient (Wildman–Crippen LogP) is 2.26. The molecule has 4 fully saturated rings. The lowest BCUT2D eigenvalue weighted by molar-refractivity contribution is -0.304. The lowest BCUT2D eigenvalue weighted by Gasteiger charge is -2.62. The van der Waals surface area contributed by atoms with Gasteiger partial charge >= 0.3 is 0 Å². The number of rotatable bonds is 6. The number of aliphatic hydroxyl groups is 2. The van der Waals surface area contributed by atoms with Gasteiger partial charge in [-0.3, -0.25) is 4.79 Å². The maximum atomic E-state index is 12.0. The first kappa shape index (κ1) is 24.0. The molecule has 1 amide bonds. The molecule has 0 heterocycles. The average molecular weight is 449 g/mol. The van der Waals surface area contributed by atoms with Crippen LogP contribution in [0, 0.1) is 46.3 Å². The van der Waals surface area contributed by atoms with E-state index in [1.165, 1.54) is 25.7 Å². The monoisotopic (exact) mass is 448 g/mol. The highest BCUT2D eigenvalue weighted by atomic mass is 16.4. The Hall–Kier alpha value is -1.14. The Bertz CT molecular complexity index is 727. The smallest absolute Gasteiger partial charge is 0.220 e. The minimum absolute atomic E-state index is 0.143. The van der Waals surface area contributed by atoms with E-state index in [4.69, 9.17) is 0 Å². The molecule has 2 unspecified atom stereocenters. The van der Waals surface area contributed by atoms with E-state index in [1.54, 1.807) is 0 Å². The Morgan fingerprint density at radius 2 is 1.69 bits per heavy atom. The first-order valence-corrected chi connectivity index (χ1v) is 12.9. The van der Waals surface area contributed by atoms with Crippen LogP contribution in [0.4, 0.5) is 0 Å². The summed E-state index contributed by atoms with van der Waals surface area (Å²) in [7, 11) is 0. The third kappa shape index (κ3) is 4.11. The Morgan fingerprint density at radius 1 is 1.00 bits per heavy atom. The van der Waals surface area contributed by atoms with Gasteiger partial charge in [0, 0.05) is 6.42 Å². The predicted molar refractivity (Wildman–Crippen MR) is 119 cm³/mol. The van der Waals surface area contributed by atoms with Crippen LogP contribution >= 0.6 is 0 Å². The van der Waals surface area contributed by atoms with Crippen molar-refractivity contribution in [3.63, 3.8) is 0 Å². The Morgan fingerprint density at radius 3 is 2.41 bits per heavy atom. The van der Waals surface area contributed by atoms with Crippen LogP contribution in [-0.2, 0) is 9.59 Å². The van der Waals surface area contributed by atoms with Gasteiger partial charge in [-0.1, -0.05) is 20.8 Å². The highest BCUT2D eigenvalue weighted by Gasteiger charge is 2.62. The molecule has 0 aliphatic heterocycles. The lowest BCUT2D eigenvalue weighted by atomic mass is 9.44. The summed E-state index contributed by atoms with van der Waals surface area (Å²) in [6.07, 6.45) is 8.92. The van der Waals surface area contributed by atoms with Crippen molar-refractivity contribution in [1.82, 2.24) is 5.32 Å². The largest absolute Gasteiger partial charge is 0.548 e. The number of nitrogens with one attached hydrogen (secondary N) is 1. The number of hydrogen-bond donors (Lipinski definition) is 3. The first-order chi connectivity index (χ1) is 15.1. The van der Waals surface area contributed by atoms with Crippen molar-refractivity contribution in [2.75, 3.05) is 6.54 Å². The minimum atomic E-state index is -1.26. The van der Waals surface area contributed by atoms with Crippen LogP contribution < -0.4 is 10.4 Å². The topological polar surface area (TPSA) is 110 Å². The van der Waals surface area contributed by atoms with Gasteiger partial charge < -0.3 is 25.4 Å². The summed E-state index contributed by atoms with van der Waals surface area (Å²) in [5.74, 6) is 1.57. The number of amides is 1. The van der Waals surface area contributed by atoms with Gasteiger partial charge in [-0.25, -0.2) is 0 Å². The average Bonchev–Trinajstić information content (AvgIpc) is 3.09.